The maximum atomic E-state index is 13.5. The number of halogens is 2. The fourth-order valence-electron chi connectivity index (χ4n) is 4.33. The van der Waals surface area contributed by atoms with Crippen LogP contribution in [-0.2, 0) is 10.7 Å². The first-order chi connectivity index (χ1) is 12.8. The number of benzene rings is 1. The van der Waals surface area contributed by atoms with Gasteiger partial charge < -0.3 is 9.80 Å². The molecule has 150 valence electrons. The summed E-state index contributed by atoms with van der Waals surface area (Å²) in [6.45, 7) is 4.64. The Kier molecular flexibility index (Phi) is 6.08. The number of rotatable bonds is 6. The van der Waals surface area contributed by atoms with Crippen LogP contribution in [0.5, 0.6) is 0 Å². The largest absolute Gasteiger partial charge is 0.355 e. The Hall–Kier alpha value is -1.63. The summed E-state index contributed by atoms with van der Waals surface area (Å²) >= 11 is 0. The Bertz CT molecular complexity index is 734. The molecule has 3 rings (SSSR count). The summed E-state index contributed by atoms with van der Waals surface area (Å²) in [5.41, 5.74) is 2.06. The van der Waals surface area contributed by atoms with Crippen molar-refractivity contribution in [2.24, 2.45) is 11.8 Å². The molecule has 1 heterocycles. The summed E-state index contributed by atoms with van der Waals surface area (Å²) in [4.78, 5) is 4.33. The first-order valence-corrected chi connectivity index (χ1v) is 10.9. The number of hydrogen-bond donors (Lipinski definition) is 1. The second kappa shape index (κ2) is 8.17. The van der Waals surface area contributed by atoms with Crippen molar-refractivity contribution >= 4 is 16.4 Å². The van der Waals surface area contributed by atoms with E-state index in [0.717, 1.165) is 11.4 Å². The minimum absolute atomic E-state index is 0.0523. The first-order valence-electron chi connectivity index (χ1n) is 9.55. The second-order valence-corrected chi connectivity index (χ2v) is 8.91. The molecule has 4 nitrogen and oxygen atoms in total. The Morgan fingerprint density at radius 1 is 1.19 bits per heavy atom. The van der Waals surface area contributed by atoms with E-state index >= 15 is 0 Å². The third-order valence-electron chi connectivity index (χ3n) is 5.62. The number of para-hydroxylation sites is 1. The Labute approximate surface area is 161 Å². The van der Waals surface area contributed by atoms with Crippen LogP contribution in [0.25, 0.3) is 0 Å². The van der Waals surface area contributed by atoms with E-state index in [1.165, 1.54) is 0 Å². The molecule has 0 radical (unpaired) electrons. The molecular weight excluding hydrogens is 370 g/mol. The first kappa shape index (κ1) is 20.1. The summed E-state index contributed by atoms with van der Waals surface area (Å²) in [6.07, 6.45) is 2.85. The minimum Gasteiger partial charge on any atom is -0.355 e. The number of anilines is 1. The van der Waals surface area contributed by atoms with Crippen molar-refractivity contribution in [1.29, 1.82) is 0 Å². The van der Waals surface area contributed by atoms with E-state index in [9.17, 15) is 17.2 Å². The monoisotopic (exact) mass is 398 g/mol. The molecule has 1 aromatic carbocycles. The molecule has 27 heavy (non-hydrogen) atoms. The lowest BCUT2D eigenvalue weighted by Gasteiger charge is -2.40. The van der Waals surface area contributed by atoms with Crippen LogP contribution < -0.4 is 4.90 Å². The molecule has 0 N–H and O–H groups in total. The molecule has 1 aliphatic carbocycles. The van der Waals surface area contributed by atoms with Gasteiger partial charge in [-0.1, -0.05) is 25.1 Å². The van der Waals surface area contributed by atoms with Crippen LogP contribution in [0.2, 0.25) is 0 Å². The quantitative estimate of drug-likeness (QED) is 0.734. The molecular formula is C20H28F2N2O2S. The number of allylic oxidation sites excluding steroid dienone is 1. The van der Waals surface area contributed by atoms with E-state index < -0.39 is 16.6 Å². The highest BCUT2D eigenvalue weighted by atomic mass is 32.2. The van der Waals surface area contributed by atoms with E-state index in [-0.39, 0.29) is 36.6 Å². The van der Waals surface area contributed by atoms with E-state index in [4.69, 9.17) is 0 Å². The number of alkyl halides is 2. The van der Waals surface area contributed by atoms with Crippen LogP contribution in [0.3, 0.4) is 0 Å². The number of thiol groups is 1. The number of nitrogens with zero attached hydrogens (tertiary/aromatic N) is 2. The van der Waals surface area contributed by atoms with E-state index in [0.29, 0.717) is 19.4 Å². The Morgan fingerprint density at radius 3 is 2.41 bits per heavy atom. The van der Waals surface area contributed by atoms with Crippen LogP contribution in [0.1, 0.15) is 39.5 Å². The molecule has 7 heteroatoms. The van der Waals surface area contributed by atoms with Gasteiger partial charge in [-0.05, 0) is 37.8 Å². The molecule has 0 bridgehead atoms. The smallest absolute Gasteiger partial charge is 0.248 e. The summed E-state index contributed by atoms with van der Waals surface area (Å²) in [5.74, 6) is -2.33. The highest BCUT2D eigenvalue weighted by molar-refractivity contribution is 7.72. The SMILES string of the molecule is CC1=CN(CC2CCC(F)(F)CC2)C(C(C)C[SH](=O)=O)N1c1ccccc1. The summed E-state index contributed by atoms with van der Waals surface area (Å²) in [7, 11) is -2.49. The summed E-state index contributed by atoms with van der Waals surface area (Å²) < 4.78 is 49.7. The lowest BCUT2D eigenvalue weighted by atomic mass is 9.86. The maximum absolute atomic E-state index is 13.5. The molecule has 2 atom stereocenters. The van der Waals surface area contributed by atoms with Gasteiger partial charge in [-0.2, -0.15) is 0 Å². The van der Waals surface area contributed by atoms with Gasteiger partial charge in [0.25, 0.3) is 0 Å². The van der Waals surface area contributed by atoms with Gasteiger partial charge in [0.2, 0.25) is 5.92 Å². The average molecular weight is 399 g/mol. The van der Waals surface area contributed by atoms with Gasteiger partial charge in [-0.15, -0.1) is 0 Å². The second-order valence-electron chi connectivity index (χ2n) is 7.88. The molecule has 2 unspecified atom stereocenters. The molecule has 1 aliphatic heterocycles. The standard InChI is InChI=1S/C20H28F2N2O2S/c1-15(14-27(25)26)19-23(13-17-8-10-20(21,22)11-9-17)12-16(2)24(19)18-6-4-3-5-7-18/h3-7,12,15,17,19,27H,8-11,13-14H2,1-2H3. The molecule has 1 aromatic rings. The Balaban J connectivity index is 1.81. The predicted octanol–water partition coefficient (Wildman–Crippen LogP) is 4.07. The third kappa shape index (κ3) is 4.81. The topological polar surface area (TPSA) is 40.6 Å². The number of hydrogen-bond acceptors (Lipinski definition) is 4. The van der Waals surface area contributed by atoms with Gasteiger partial charge >= 0.3 is 0 Å². The molecule has 2 aliphatic rings. The van der Waals surface area contributed by atoms with Crippen molar-refractivity contribution in [3.63, 3.8) is 0 Å². The lowest BCUT2D eigenvalue weighted by Crippen LogP contribution is -2.47. The van der Waals surface area contributed by atoms with Crippen molar-refractivity contribution in [2.45, 2.75) is 51.6 Å². The van der Waals surface area contributed by atoms with Crippen molar-refractivity contribution < 1.29 is 17.2 Å². The normalized spacial score (nSPS) is 24.3. The molecule has 1 saturated carbocycles. The predicted molar refractivity (Wildman–Crippen MR) is 104 cm³/mol. The van der Waals surface area contributed by atoms with Gasteiger partial charge in [0.05, 0.1) is 5.75 Å². The highest BCUT2D eigenvalue weighted by Crippen LogP contribution is 2.39. The van der Waals surface area contributed by atoms with E-state index in [1.54, 1.807) is 0 Å². The van der Waals surface area contributed by atoms with E-state index in [2.05, 4.69) is 16.0 Å². The van der Waals surface area contributed by atoms with Gasteiger partial charge in [0.15, 0.2) is 0 Å². The van der Waals surface area contributed by atoms with Crippen molar-refractivity contribution in [2.75, 3.05) is 17.2 Å². The molecule has 0 aromatic heterocycles. The van der Waals surface area contributed by atoms with Crippen LogP contribution in [0, 0.1) is 11.8 Å². The fraction of sp³-hybridized carbons (Fsp3) is 0.600. The third-order valence-corrected chi connectivity index (χ3v) is 6.50. The average Bonchev–Trinajstić information content (AvgIpc) is 2.93. The zero-order valence-electron chi connectivity index (χ0n) is 15.9. The van der Waals surface area contributed by atoms with Crippen LogP contribution in [0.15, 0.2) is 42.2 Å². The fourth-order valence-corrected chi connectivity index (χ4v) is 4.99. The van der Waals surface area contributed by atoms with Crippen molar-refractivity contribution in [3.8, 4) is 0 Å². The molecule has 0 saturated heterocycles. The van der Waals surface area contributed by atoms with Crippen LogP contribution >= 0.6 is 0 Å². The van der Waals surface area contributed by atoms with Gasteiger partial charge in [0, 0.05) is 42.9 Å². The van der Waals surface area contributed by atoms with Gasteiger partial charge in [-0.3, -0.25) is 0 Å². The Morgan fingerprint density at radius 2 is 1.81 bits per heavy atom. The zero-order valence-corrected chi connectivity index (χ0v) is 16.7. The van der Waals surface area contributed by atoms with Gasteiger partial charge in [-0.25, -0.2) is 17.2 Å². The van der Waals surface area contributed by atoms with Gasteiger partial charge in [0.1, 0.15) is 16.9 Å². The van der Waals surface area contributed by atoms with E-state index in [1.807, 2.05) is 44.2 Å². The summed E-state index contributed by atoms with van der Waals surface area (Å²) in [5, 5.41) is 0. The zero-order chi connectivity index (χ0) is 19.6. The lowest BCUT2D eigenvalue weighted by molar-refractivity contribution is -0.0486. The van der Waals surface area contributed by atoms with Crippen LogP contribution in [0.4, 0.5) is 14.5 Å². The van der Waals surface area contributed by atoms with Crippen molar-refractivity contribution in [3.05, 3.63) is 42.2 Å². The molecule has 1 fully saturated rings. The van der Waals surface area contributed by atoms with Crippen molar-refractivity contribution in [1.82, 2.24) is 4.90 Å². The molecule has 0 amide bonds. The molecule has 0 spiro atoms. The summed E-state index contributed by atoms with van der Waals surface area (Å²) in [6, 6.07) is 9.90. The van der Waals surface area contributed by atoms with Crippen LogP contribution in [-0.4, -0.2) is 37.7 Å². The minimum atomic E-state index is -2.53. The highest BCUT2D eigenvalue weighted by Gasteiger charge is 2.39. The maximum Gasteiger partial charge on any atom is 0.248 e.